The minimum Gasteiger partial charge on any atom is -0.481 e. The highest BCUT2D eigenvalue weighted by atomic mass is 19.1. The van der Waals surface area contributed by atoms with Gasteiger partial charge in [0.15, 0.2) is 0 Å². The van der Waals surface area contributed by atoms with Gasteiger partial charge in [0.25, 0.3) is 0 Å². The van der Waals surface area contributed by atoms with E-state index in [1.807, 2.05) is 0 Å². The molecule has 1 N–H and O–H groups in total. The fourth-order valence-corrected chi connectivity index (χ4v) is 2.03. The average molecular weight is 224 g/mol. The van der Waals surface area contributed by atoms with E-state index in [1.165, 1.54) is 19.2 Å². The van der Waals surface area contributed by atoms with Crippen LogP contribution < -0.4 is 0 Å². The van der Waals surface area contributed by atoms with E-state index in [-0.39, 0.29) is 12.4 Å². The van der Waals surface area contributed by atoms with Crippen LogP contribution in [0.15, 0.2) is 18.2 Å². The number of benzene rings is 1. The molecule has 1 aliphatic rings. The molecular formula is C12H13FO3. The third kappa shape index (κ3) is 1.69. The van der Waals surface area contributed by atoms with Crippen LogP contribution in [0.1, 0.15) is 24.0 Å². The molecule has 1 saturated carbocycles. The summed E-state index contributed by atoms with van der Waals surface area (Å²) < 4.78 is 18.0. The summed E-state index contributed by atoms with van der Waals surface area (Å²) in [5, 5.41) is 9.18. The van der Waals surface area contributed by atoms with Crippen molar-refractivity contribution in [2.24, 2.45) is 0 Å². The highest BCUT2D eigenvalue weighted by Crippen LogP contribution is 2.49. The number of carboxylic acid groups (broad SMARTS) is 1. The molecule has 1 aromatic carbocycles. The molecular weight excluding hydrogens is 211 g/mol. The van der Waals surface area contributed by atoms with Gasteiger partial charge in [-0.3, -0.25) is 4.79 Å². The van der Waals surface area contributed by atoms with Crippen LogP contribution in [0.4, 0.5) is 4.39 Å². The Morgan fingerprint density at radius 1 is 1.56 bits per heavy atom. The first kappa shape index (κ1) is 11.1. The normalized spacial score (nSPS) is 17.1. The zero-order valence-electron chi connectivity index (χ0n) is 9.00. The van der Waals surface area contributed by atoms with Gasteiger partial charge in [-0.2, -0.15) is 0 Å². The monoisotopic (exact) mass is 224 g/mol. The van der Waals surface area contributed by atoms with E-state index >= 15 is 0 Å². The van der Waals surface area contributed by atoms with Gasteiger partial charge < -0.3 is 9.84 Å². The Labute approximate surface area is 92.9 Å². The molecule has 0 aromatic heterocycles. The van der Waals surface area contributed by atoms with Crippen LogP contribution in [0, 0.1) is 5.82 Å². The Morgan fingerprint density at radius 3 is 2.75 bits per heavy atom. The Kier molecular flexibility index (Phi) is 2.68. The molecule has 16 heavy (non-hydrogen) atoms. The van der Waals surface area contributed by atoms with Crippen LogP contribution in [-0.4, -0.2) is 18.2 Å². The molecule has 0 spiro atoms. The first-order valence-corrected chi connectivity index (χ1v) is 5.11. The molecule has 0 radical (unpaired) electrons. The second-order valence-corrected chi connectivity index (χ2v) is 4.12. The Bertz CT molecular complexity index is 424. The fraction of sp³-hybridized carbons (Fsp3) is 0.417. The van der Waals surface area contributed by atoms with Crippen LogP contribution >= 0.6 is 0 Å². The van der Waals surface area contributed by atoms with Crippen LogP contribution in [-0.2, 0) is 21.6 Å². The van der Waals surface area contributed by atoms with Gasteiger partial charge in [0.1, 0.15) is 5.82 Å². The number of halogens is 1. The highest BCUT2D eigenvalue weighted by molar-refractivity contribution is 5.85. The van der Waals surface area contributed by atoms with Crippen molar-refractivity contribution >= 4 is 5.97 Å². The first-order chi connectivity index (χ1) is 7.60. The number of hydrogen-bond acceptors (Lipinski definition) is 2. The Hall–Kier alpha value is -1.42. The van der Waals surface area contributed by atoms with Crippen molar-refractivity contribution in [2.45, 2.75) is 24.9 Å². The summed E-state index contributed by atoms with van der Waals surface area (Å²) in [7, 11) is 1.51. The van der Waals surface area contributed by atoms with Gasteiger partial charge >= 0.3 is 5.97 Å². The fourth-order valence-electron chi connectivity index (χ4n) is 2.03. The molecule has 3 nitrogen and oxygen atoms in total. The van der Waals surface area contributed by atoms with Crippen LogP contribution in [0.5, 0.6) is 0 Å². The number of ether oxygens (including phenoxy) is 1. The molecule has 4 heteroatoms. The molecule has 0 saturated heterocycles. The van der Waals surface area contributed by atoms with Crippen molar-refractivity contribution < 1.29 is 19.0 Å². The van der Waals surface area contributed by atoms with E-state index in [0.29, 0.717) is 24.0 Å². The smallest absolute Gasteiger partial charge is 0.314 e. The molecule has 0 bridgehead atoms. The maximum absolute atomic E-state index is 13.1. The Morgan fingerprint density at radius 2 is 2.25 bits per heavy atom. The summed E-state index contributed by atoms with van der Waals surface area (Å²) in [5.41, 5.74) is 0.507. The number of carbonyl (C=O) groups is 1. The predicted octanol–water partition coefficient (Wildman–Crippen LogP) is 2.09. The number of methoxy groups -OCH3 is 1. The number of rotatable bonds is 4. The van der Waals surface area contributed by atoms with E-state index in [1.54, 1.807) is 6.07 Å². The van der Waals surface area contributed by atoms with Crippen molar-refractivity contribution in [3.63, 3.8) is 0 Å². The van der Waals surface area contributed by atoms with E-state index in [4.69, 9.17) is 4.74 Å². The summed E-state index contributed by atoms with van der Waals surface area (Å²) >= 11 is 0. The largest absolute Gasteiger partial charge is 0.481 e. The van der Waals surface area contributed by atoms with Crippen molar-refractivity contribution in [3.05, 3.63) is 35.1 Å². The molecule has 1 aromatic rings. The van der Waals surface area contributed by atoms with E-state index < -0.39 is 11.4 Å². The van der Waals surface area contributed by atoms with Gasteiger partial charge in [-0.25, -0.2) is 4.39 Å². The van der Waals surface area contributed by atoms with Crippen LogP contribution in [0.3, 0.4) is 0 Å². The molecule has 0 unspecified atom stereocenters. The average Bonchev–Trinajstić information content (AvgIpc) is 2.99. The summed E-state index contributed by atoms with van der Waals surface area (Å²) in [6, 6.07) is 4.21. The lowest BCUT2D eigenvalue weighted by Crippen LogP contribution is -2.21. The maximum Gasteiger partial charge on any atom is 0.314 e. The summed E-state index contributed by atoms with van der Waals surface area (Å²) in [4.78, 5) is 11.2. The minimum atomic E-state index is -0.837. The molecule has 1 fully saturated rings. The van der Waals surface area contributed by atoms with Gasteiger partial charge in [0.05, 0.1) is 12.0 Å². The summed E-state index contributed by atoms with van der Waals surface area (Å²) in [5.74, 6) is -1.20. The predicted molar refractivity (Wildman–Crippen MR) is 55.7 cm³/mol. The van der Waals surface area contributed by atoms with Gasteiger partial charge in [0.2, 0.25) is 0 Å². The molecule has 2 rings (SSSR count). The van der Waals surface area contributed by atoms with Gasteiger partial charge in [0, 0.05) is 7.11 Å². The molecule has 1 aliphatic carbocycles. The van der Waals surface area contributed by atoms with E-state index in [9.17, 15) is 14.3 Å². The molecule has 0 heterocycles. The molecule has 0 atom stereocenters. The zero-order valence-corrected chi connectivity index (χ0v) is 9.00. The van der Waals surface area contributed by atoms with E-state index in [2.05, 4.69) is 0 Å². The van der Waals surface area contributed by atoms with Crippen molar-refractivity contribution in [3.8, 4) is 0 Å². The van der Waals surface area contributed by atoms with Crippen LogP contribution in [0.2, 0.25) is 0 Å². The number of hydrogen-bond donors (Lipinski definition) is 1. The van der Waals surface area contributed by atoms with Gasteiger partial charge in [-0.1, -0.05) is 6.07 Å². The molecule has 0 amide bonds. The summed E-state index contributed by atoms with van der Waals surface area (Å²) in [6.07, 6.45) is 1.23. The standard InChI is InChI=1S/C12H13FO3/c1-16-7-8-6-9(13)2-3-10(8)12(4-5-12)11(14)15/h2-3,6H,4-5,7H2,1H3,(H,14,15). The first-order valence-electron chi connectivity index (χ1n) is 5.11. The third-order valence-corrected chi connectivity index (χ3v) is 3.04. The van der Waals surface area contributed by atoms with Crippen molar-refractivity contribution in [2.75, 3.05) is 7.11 Å². The number of aliphatic carboxylic acids is 1. The van der Waals surface area contributed by atoms with Gasteiger partial charge in [-0.05, 0) is 36.1 Å². The lowest BCUT2D eigenvalue weighted by atomic mass is 9.91. The lowest BCUT2D eigenvalue weighted by Gasteiger charge is -2.15. The minimum absolute atomic E-state index is 0.238. The van der Waals surface area contributed by atoms with Crippen molar-refractivity contribution in [1.82, 2.24) is 0 Å². The second-order valence-electron chi connectivity index (χ2n) is 4.12. The topological polar surface area (TPSA) is 46.5 Å². The van der Waals surface area contributed by atoms with Crippen LogP contribution in [0.25, 0.3) is 0 Å². The molecule has 86 valence electrons. The van der Waals surface area contributed by atoms with Gasteiger partial charge in [-0.15, -0.1) is 0 Å². The zero-order chi connectivity index (χ0) is 11.8. The quantitative estimate of drug-likeness (QED) is 0.851. The lowest BCUT2D eigenvalue weighted by molar-refractivity contribution is -0.140. The summed E-state index contributed by atoms with van der Waals surface area (Å²) in [6.45, 7) is 0.238. The van der Waals surface area contributed by atoms with E-state index in [0.717, 1.165) is 0 Å². The Balaban J connectivity index is 2.44. The van der Waals surface area contributed by atoms with Crippen molar-refractivity contribution in [1.29, 1.82) is 0 Å². The molecule has 0 aliphatic heterocycles. The second kappa shape index (κ2) is 3.87. The highest BCUT2D eigenvalue weighted by Gasteiger charge is 2.52. The SMILES string of the molecule is COCc1cc(F)ccc1C1(C(=O)O)CC1. The third-order valence-electron chi connectivity index (χ3n) is 3.04. The number of carboxylic acids is 1. The maximum atomic E-state index is 13.1.